The Balaban J connectivity index is 1.42. The predicted octanol–water partition coefficient (Wildman–Crippen LogP) is 5.84. The van der Waals surface area contributed by atoms with Crippen molar-refractivity contribution in [2.45, 2.75) is 49.6 Å². The molecule has 31 heavy (non-hydrogen) atoms. The lowest BCUT2D eigenvalue weighted by molar-refractivity contribution is 0.235. The van der Waals surface area contributed by atoms with Crippen molar-refractivity contribution in [3.63, 3.8) is 0 Å². The SMILES string of the molecule is COc1ccc(CSc2nnc(-c3ccco3)n2C(C)C2CC3CCC2C3)cc1OC. The molecule has 4 atom stereocenters. The normalized spacial score (nSPS) is 23.3. The summed E-state index contributed by atoms with van der Waals surface area (Å²) in [5.74, 6) is 6.29. The van der Waals surface area contributed by atoms with Crippen LogP contribution in [-0.2, 0) is 5.75 Å². The van der Waals surface area contributed by atoms with Crippen molar-refractivity contribution >= 4 is 11.8 Å². The molecule has 5 rings (SSSR count). The van der Waals surface area contributed by atoms with Gasteiger partial charge >= 0.3 is 0 Å². The van der Waals surface area contributed by atoms with Gasteiger partial charge in [-0.1, -0.05) is 24.2 Å². The topological polar surface area (TPSA) is 62.3 Å². The van der Waals surface area contributed by atoms with Gasteiger partial charge in [0.1, 0.15) is 0 Å². The van der Waals surface area contributed by atoms with Crippen LogP contribution in [0.15, 0.2) is 46.2 Å². The van der Waals surface area contributed by atoms with Gasteiger partial charge in [-0.25, -0.2) is 0 Å². The minimum atomic E-state index is 0.346. The molecule has 6 nitrogen and oxygen atoms in total. The van der Waals surface area contributed by atoms with Crippen molar-refractivity contribution in [1.29, 1.82) is 0 Å². The summed E-state index contributed by atoms with van der Waals surface area (Å²) in [5, 5.41) is 10.1. The Morgan fingerprint density at radius 3 is 2.68 bits per heavy atom. The fourth-order valence-corrected chi connectivity index (χ4v) is 6.48. The van der Waals surface area contributed by atoms with Crippen LogP contribution in [0.3, 0.4) is 0 Å². The molecule has 3 aromatic rings. The third-order valence-electron chi connectivity index (χ3n) is 7.04. The van der Waals surface area contributed by atoms with Gasteiger partial charge in [0, 0.05) is 11.8 Å². The van der Waals surface area contributed by atoms with Crippen LogP contribution in [0.25, 0.3) is 11.6 Å². The van der Waals surface area contributed by atoms with Gasteiger partial charge in [-0.3, -0.25) is 4.57 Å². The Morgan fingerprint density at radius 1 is 1.13 bits per heavy atom. The second kappa shape index (κ2) is 8.61. The lowest BCUT2D eigenvalue weighted by atomic mass is 9.84. The second-order valence-corrected chi connectivity index (χ2v) is 9.65. The molecule has 164 valence electrons. The van der Waals surface area contributed by atoms with Gasteiger partial charge in [0.15, 0.2) is 22.4 Å². The minimum Gasteiger partial charge on any atom is -0.493 e. The molecule has 1 aromatic carbocycles. The van der Waals surface area contributed by atoms with Gasteiger partial charge in [-0.05, 0) is 73.8 Å². The number of hydrogen-bond acceptors (Lipinski definition) is 6. The van der Waals surface area contributed by atoms with Crippen LogP contribution >= 0.6 is 11.8 Å². The van der Waals surface area contributed by atoms with Gasteiger partial charge in [0.2, 0.25) is 5.82 Å². The maximum Gasteiger partial charge on any atom is 0.200 e. The zero-order chi connectivity index (χ0) is 21.4. The number of ether oxygens (including phenoxy) is 2. The average molecular weight is 440 g/mol. The van der Waals surface area contributed by atoms with Crippen molar-refractivity contribution < 1.29 is 13.9 Å². The summed E-state index contributed by atoms with van der Waals surface area (Å²) < 4.78 is 18.8. The Bertz CT molecular complexity index is 1030. The van der Waals surface area contributed by atoms with Crippen LogP contribution in [0, 0.1) is 17.8 Å². The van der Waals surface area contributed by atoms with E-state index < -0.39 is 0 Å². The van der Waals surface area contributed by atoms with E-state index in [9.17, 15) is 0 Å². The standard InChI is InChI=1S/C24H29N3O3S/c1-15(19-12-16-6-8-18(19)11-16)27-23(21-5-4-10-30-21)25-26-24(27)31-14-17-7-9-20(28-2)22(13-17)29-3/h4-5,7,9-10,13,15-16,18-19H,6,8,11-12,14H2,1-3H3. The summed E-state index contributed by atoms with van der Waals surface area (Å²) >= 11 is 1.71. The predicted molar refractivity (Wildman–Crippen MR) is 120 cm³/mol. The lowest BCUT2D eigenvalue weighted by Gasteiger charge is -2.30. The molecule has 2 aliphatic rings. The summed E-state index contributed by atoms with van der Waals surface area (Å²) in [4.78, 5) is 0. The van der Waals surface area contributed by atoms with Gasteiger partial charge in [-0.2, -0.15) is 0 Å². The van der Waals surface area contributed by atoms with Gasteiger partial charge in [-0.15, -0.1) is 10.2 Å². The van der Waals surface area contributed by atoms with E-state index in [1.54, 1.807) is 32.2 Å². The van der Waals surface area contributed by atoms with E-state index in [0.29, 0.717) is 12.0 Å². The molecule has 7 heteroatoms. The van der Waals surface area contributed by atoms with Crippen LogP contribution in [-0.4, -0.2) is 29.0 Å². The highest BCUT2D eigenvalue weighted by molar-refractivity contribution is 7.98. The van der Waals surface area contributed by atoms with E-state index in [0.717, 1.165) is 51.4 Å². The number of hydrogen-bond donors (Lipinski definition) is 0. The van der Waals surface area contributed by atoms with Crippen LogP contribution in [0.2, 0.25) is 0 Å². The Hall–Kier alpha value is -2.41. The molecule has 0 aliphatic heterocycles. The van der Waals surface area contributed by atoms with Gasteiger partial charge in [0.25, 0.3) is 0 Å². The first kappa shape index (κ1) is 20.5. The molecular weight excluding hydrogens is 410 g/mol. The monoisotopic (exact) mass is 439 g/mol. The molecule has 4 unspecified atom stereocenters. The molecule has 2 bridgehead atoms. The zero-order valence-corrected chi connectivity index (χ0v) is 19.1. The van der Waals surface area contributed by atoms with Crippen molar-refractivity contribution in [3.05, 3.63) is 42.2 Å². The molecule has 2 saturated carbocycles. The first-order valence-corrected chi connectivity index (χ1v) is 12.0. The number of fused-ring (bicyclic) bond motifs is 2. The molecule has 0 spiro atoms. The molecular formula is C24H29N3O3S. The molecule has 0 N–H and O–H groups in total. The first-order valence-electron chi connectivity index (χ1n) is 11.0. The third kappa shape index (κ3) is 3.84. The van der Waals surface area contributed by atoms with Crippen LogP contribution in [0.4, 0.5) is 0 Å². The van der Waals surface area contributed by atoms with E-state index in [4.69, 9.17) is 13.9 Å². The summed E-state index contributed by atoms with van der Waals surface area (Å²) in [5.41, 5.74) is 1.16. The molecule has 2 aromatic heterocycles. The number of nitrogens with zero attached hydrogens (tertiary/aromatic N) is 3. The highest BCUT2D eigenvalue weighted by Crippen LogP contribution is 2.53. The molecule has 2 aliphatic carbocycles. The van der Waals surface area contributed by atoms with Crippen molar-refractivity contribution in [2.75, 3.05) is 14.2 Å². The summed E-state index contributed by atoms with van der Waals surface area (Å²) in [7, 11) is 3.32. The Morgan fingerprint density at radius 2 is 2.00 bits per heavy atom. The number of thioether (sulfide) groups is 1. The quantitative estimate of drug-likeness (QED) is 0.411. The van der Waals surface area contributed by atoms with Crippen LogP contribution in [0.1, 0.15) is 44.2 Å². The second-order valence-electron chi connectivity index (χ2n) is 8.71. The zero-order valence-electron chi connectivity index (χ0n) is 18.3. The average Bonchev–Trinajstić information content (AvgIpc) is 3.60. The smallest absolute Gasteiger partial charge is 0.200 e. The van der Waals surface area contributed by atoms with Crippen molar-refractivity contribution in [3.8, 4) is 23.1 Å². The maximum absolute atomic E-state index is 5.70. The van der Waals surface area contributed by atoms with Crippen LogP contribution in [0.5, 0.6) is 11.5 Å². The maximum atomic E-state index is 5.70. The van der Waals surface area contributed by atoms with Crippen molar-refractivity contribution in [1.82, 2.24) is 14.8 Å². The molecule has 0 amide bonds. The summed E-state index contributed by atoms with van der Waals surface area (Å²) in [6.07, 6.45) is 7.18. The highest BCUT2D eigenvalue weighted by atomic mass is 32.2. The summed E-state index contributed by atoms with van der Waals surface area (Å²) in [6.45, 7) is 2.33. The molecule has 0 saturated heterocycles. The van der Waals surface area contributed by atoms with Gasteiger partial charge < -0.3 is 13.9 Å². The minimum absolute atomic E-state index is 0.346. The number of furan rings is 1. The van der Waals surface area contributed by atoms with E-state index in [1.807, 2.05) is 24.3 Å². The van der Waals surface area contributed by atoms with Gasteiger partial charge in [0.05, 0.1) is 20.5 Å². The van der Waals surface area contributed by atoms with E-state index in [1.165, 1.54) is 25.7 Å². The Kier molecular flexibility index (Phi) is 5.69. The number of benzene rings is 1. The lowest BCUT2D eigenvalue weighted by Crippen LogP contribution is -2.23. The third-order valence-corrected chi connectivity index (χ3v) is 8.06. The largest absolute Gasteiger partial charge is 0.493 e. The highest BCUT2D eigenvalue weighted by Gasteiger charge is 2.43. The molecule has 2 heterocycles. The fourth-order valence-electron chi connectivity index (χ4n) is 5.51. The van der Waals surface area contributed by atoms with Crippen LogP contribution < -0.4 is 9.47 Å². The number of rotatable bonds is 8. The first-order chi connectivity index (χ1) is 15.2. The van der Waals surface area contributed by atoms with Crippen molar-refractivity contribution in [2.24, 2.45) is 17.8 Å². The Labute approximate surface area is 187 Å². The molecule has 0 radical (unpaired) electrons. The fraction of sp³-hybridized carbons (Fsp3) is 0.500. The number of aromatic nitrogens is 3. The molecule has 2 fully saturated rings. The summed E-state index contributed by atoms with van der Waals surface area (Å²) in [6, 6.07) is 10.3. The van der Waals surface area contributed by atoms with E-state index in [2.05, 4.69) is 27.8 Å². The van der Waals surface area contributed by atoms with E-state index in [-0.39, 0.29) is 0 Å². The number of methoxy groups -OCH3 is 2. The van der Waals surface area contributed by atoms with E-state index >= 15 is 0 Å².